The SMILES string of the molecule is O=C(NC[C@H]1CCCO1)NCC1(c2ccc(F)cc2)CCOCC1. The van der Waals surface area contributed by atoms with Crippen LogP contribution in [0.3, 0.4) is 0 Å². The van der Waals surface area contributed by atoms with E-state index in [-0.39, 0.29) is 23.4 Å². The van der Waals surface area contributed by atoms with Crippen molar-refractivity contribution in [3.05, 3.63) is 35.6 Å². The molecule has 1 aromatic rings. The van der Waals surface area contributed by atoms with Crippen molar-refractivity contribution in [1.29, 1.82) is 0 Å². The molecule has 0 radical (unpaired) electrons. The fourth-order valence-electron chi connectivity index (χ4n) is 3.46. The summed E-state index contributed by atoms with van der Waals surface area (Å²) in [7, 11) is 0. The topological polar surface area (TPSA) is 59.6 Å². The van der Waals surface area contributed by atoms with Crippen LogP contribution in [0.2, 0.25) is 0 Å². The van der Waals surface area contributed by atoms with E-state index in [4.69, 9.17) is 9.47 Å². The summed E-state index contributed by atoms with van der Waals surface area (Å²) in [6.07, 6.45) is 3.80. The molecule has 6 heteroatoms. The number of hydrogen-bond donors (Lipinski definition) is 2. The number of urea groups is 1. The molecule has 132 valence electrons. The molecule has 2 fully saturated rings. The molecule has 1 aromatic carbocycles. The first kappa shape index (κ1) is 17.2. The second kappa shape index (κ2) is 7.94. The fourth-order valence-corrected chi connectivity index (χ4v) is 3.46. The molecule has 0 saturated carbocycles. The van der Waals surface area contributed by atoms with Gasteiger partial charge in [0.1, 0.15) is 5.82 Å². The van der Waals surface area contributed by atoms with E-state index in [2.05, 4.69) is 10.6 Å². The van der Waals surface area contributed by atoms with Gasteiger partial charge in [-0.15, -0.1) is 0 Å². The van der Waals surface area contributed by atoms with Crippen molar-refractivity contribution in [3.63, 3.8) is 0 Å². The Labute approximate surface area is 141 Å². The van der Waals surface area contributed by atoms with Gasteiger partial charge < -0.3 is 20.1 Å². The number of carbonyl (C=O) groups is 1. The largest absolute Gasteiger partial charge is 0.381 e. The fraction of sp³-hybridized carbons (Fsp3) is 0.611. The van der Waals surface area contributed by atoms with E-state index in [0.29, 0.717) is 26.3 Å². The highest BCUT2D eigenvalue weighted by Gasteiger charge is 2.35. The average molecular weight is 336 g/mol. The highest BCUT2D eigenvalue weighted by Crippen LogP contribution is 2.34. The third kappa shape index (κ3) is 4.24. The molecule has 1 atom stereocenters. The van der Waals surface area contributed by atoms with Crippen LogP contribution in [-0.4, -0.2) is 45.0 Å². The Hall–Kier alpha value is -1.66. The Morgan fingerprint density at radius 2 is 1.92 bits per heavy atom. The molecule has 24 heavy (non-hydrogen) atoms. The van der Waals surface area contributed by atoms with Crippen molar-refractivity contribution >= 4 is 6.03 Å². The molecule has 3 rings (SSSR count). The Morgan fingerprint density at radius 3 is 2.58 bits per heavy atom. The zero-order valence-corrected chi connectivity index (χ0v) is 13.9. The summed E-state index contributed by atoms with van der Waals surface area (Å²) >= 11 is 0. The summed E-state index contributed by atoms with van der Waals surface area (Å²) in [5, 5.41) is 5.85. The minimum absolute atomic E-state index is 0.130. The van der Waals surface area contributed by atoms with Crippen LogP contribution in [-0.2, 0) is 14.9 Å². The van der Waals surface area contributed by atoms with Crippen LogP contribution in [0.1, 0.15) is 31.2 Å². The molecule has 2 amide bonds. The lowest BCUT2D eigenvalue weighted by molar-refractivity contribution is 0.0506. The van der Waals surface area contributed by atoms with Gasteiger partial charge in [-0.2, -0.15) is 0 Å². The summed E-state index contributed by atoms with van der Waals surface area (Å²) in [5.41, 5.74) is 0.847. The van der Waals surface area contributed by atoms with Crippen LogP contribution < -0.4 is 10.6 Å². The predicted octanol–water partition coefficient (Wildman–Crippen LogP) is 2.35. The summed E-state index contributed by atoms with van der Waals surface area (Å²) in [4.78, 5) is 12.1. The zero-order chi connectivity index (χ0) is 16.8. The van der Waals surface area contributed by atoms with Gasteiger partial charge in [0.15, 0.2) is 0 Å². The van der Waals surface area contributed by atoms with Crippen molar-refractivity contribution in [3.8, 4) is 0 Å². The smallest absolute Gasteiger partial charge is 0.314 e. The number of halogens is 1. The van der Waals surface area contributed by atoms with Crippen molar-refractivity contribution < 1.29 is 18.7 Å². The number of ether oxygens (including phenoxy) is 2. The van der Waals surface area contributed by atoms with Crippen molar-refractivity contribution in [2.24, 2.45) is 0 Å². The molecular formula is C18H25FN2O3. The van der Waals surface area contributed by atoms with E-state index in [0.717, 1.165) is 37.9 Å². The number of hydrogen-bond acceptors (Lipinski definition) is 3. The minimum Gasteiger partial charge on any atom is -0.381 e. The molecule has 2 aliphatic rings. The van der Waals surface area contributed by atoms with Gasteiger partial charge in [0.05, 0.1) is 6.10 Å². The van der Waals surface area contributed by atoms with Crippen molar-refractivity contribution in [2.75, 3.05) is 32.9 Å². The van der Waals surface area contributed by atoms with Crippen molar-refractivity contribution in [2.45, 2.75) is 37.2 Å². The Kier molecular flexibility index (Phi) is 5.68. The molecule has 2 heterocycles. The van der Waals surface area contributed by atoms with E-state index in [9.17, 15) is 9.18 Å². The monoisotopic (exact) mass is 336 g/mol. The average Bonchev–Trinajstić information content (AvgIpc) is 3.13. The standard InChI is InChI=1S/C18H25FN2O3/c19-15-5-3-14(4-6-15)18(7-10-23-11-8-18)13-21-17(22)20-12-16-2-1-9-24-16/h3-6,16H,1-2,7-13H2,(H2,20,21,22)/t16-/m1/s1. The van der Waals surface area contributed by atoms with E-state index in [1.807, 2.05) is 12.1 Å². The van der Waals surface area contributed by atoms with Gasteiger partial charge in [-0.05, 0) is 43.4 Å². The van der Waals surface area contributed by atoms with Gasteiger partial charge in [0.25, 0.3) is 0 Å². The van der Waals surface area contributed by atoms with Crippen LogP contribution in [0.15, 0.2) is 24.3 Å². The summed E-state index contributed by atoms with van der Waals surface area (Å²) in [5.74, 6) is -0.247. The third-order valence-electron chi connectivity index (χ3n) is 5.01. The van der Waals surface area contributed by atoms with Crippen LogP contribution >= 0.6 is 0 Å². The lowest BCUT2D eigenvalue weighted by Crippen LogP contribution is -2.48. The summed E-state index contributed by atoms with van der Waals surface area (Å²) < 4.78 is 24.2. The normalized spacial score (nSPS) is 23.0. The molecule has 5 nitrogen and oxygen atoms in total. The van der Waals surface area contributed by atoms with Crippen LogP contribution in [0, 0.1) is 5.82 Å². The van der Waals surface area contributed by atoms with Gasteiger partial charge in [-0.3, -0.25) is 0 Å². The zero-order valence-electron chi connectivity index (χ0n) is 13.9. The minimum atomic E-state index is -0.247. The van der Waals surface area contributed by atoms with Crippen LogP contribution in [0.5, 0.6) is 0 Å². The number of nitrogens with one attached hydrogen (secondary N) is 2. The lowest BCUT2D eigenvalue weighted by Gasteiger charge is -2.38. The number of amides is 2. The summed E-state index contributed by atoms with van der Waals surface area (Å²) in [6, 6.07) is 6.39. The number of carbonyl (C=O) groups excluding carboxylic acids is 1. The quantitative estimate of drug-likeness (QED) is 0.868. The first-order chi connectivity index (χ1) is 11.7. The highest BCUT2D eigenvalue weighted by atomic mass is 19.1. The lowest BCUT2D eigenvalue weighted by atomic mass is 9.74. The van der Waals surface area contributed by atoms with E-state index < -0.39 is 0 Å². The Morgan fingerprint density at radius 1 is 1.17 bits per heavy atom. The summed E-state index contributed by atoms with van der Waals surface area (Å²) in [6.45, 7) is 3.13. The van der Waals surface area contributed by atoms with E-state index >= 15 is 0 Å². The molecule has 2 aliphatic heterocycles. The van der Waals surface area contributed by atoms with Gasteiger partial charge in [-0.25, -0.2) is 9.18 Å². The molecule has 2 saturated heterocycles. The molecular weight excluding hydrogens is 311 g/mol. The first-order valence-electron chi connectivity index (χ1n) is 8.65. The van der Waals surface area contributed by atoms with Gasteiger partial charge in [0.2, 0.25) is 0 Å². The molecule has 2 N–H and O–H groups in total. The molecule has 0 bridgehead atoms. The maximum atomic E-state index is 13.2. The van der Waals surface area contributed by atoms with Crippen LogP contribution in [0.4, 0.5) is 9.18 Å². The first-order valence-corrected chi connectivity index (χ1v) is 8.65. The second-order valence-corrected chi connectivity index (χ2v) is 6.60. The Bertz CT molecular complexity index is 538. The van der Waals surface area contributed by atoms with E-state index in [1.165, 1.54) is 12.1 Å². The van der Waals surface area contributed by atoms with Gasteiger partial charge >= 0.3 is 6.03 Å². The molecule has 0 aliphatic carbocycles. The molecule has 0 spiro atoms. The maximum Gasteiger partial charge on any atom is 0.314 e. The predicted molar refractivity (Wildman–Crippen MR) is 88.5 cm³/mol. The second-order valence-electron chi connectivity index (χ2n) is 6.60. The maximum absolute atomic E-state index is 13.2. The molecule has 0 aromatic heterocycles. The highest BCUT2D eigenvalue weighted by molar-refractivity contribution is 5.74. The van der Waals surface area contributed by atoms with Gasteiger partial charge in [-0.1, -0.05) is 12.1 Å². The van der Waals surface area contributed by atoms with Crippen molar-refractivity contribution in [1.82, 2.24) is 10.6 Å². The van der Waals surface area contributed by atoms with E-state index in [1.54, 1.807) is 0 Å². The number of rotatable bonds is 5. The molecule has 0 unspecified atom stereocenters. The third-order valence-corrected chi connectivity index (χ3v) is 5.01. The van der Waals surface area contributed by atoms with Crippen LogP contribution in [0.25, 0.3) is 0 Å². The Balaban J connectivity index is 1.57. The van der Waals surface area contributed by atoms with Gasteiger partial charge in [0, 0.05) is 38.3 Å². The number of benzene rings is 1.